The summed E-state index contributed by atoms with van der Waals surface area (Å²) < 4.78 is 5.85. The molecular weight excluding hydrogens is 262 g/mol. The van der Waals surface area contributed by atoms with E-state index in [1.165, 1.54) is 25.7 Å². The van der Waals surface area contributed by atoms with Crippen LogP contribution in [-0.2, 0) is 4.74 Å². The Morgan fingerprint density at radius 1 is 1.10 bits per heavy atom. The van der Waals surface area contributed by atoms with Crippen LogP contribution in [-0.4, -0.2) is 28.7 Å². The standard InChI is InChI=1S/C17H21N3O/c1-11-17(20-15-6-3-2-5-14(15)18-11)19-13-7-4-8-16-12(13)9-10-21-16/h2-3,5-6,12-13,16H,4,7-10H2,1H3,(H,19,20). The summed E-state index contributed by atoms with van der Waals surface area (Å²) in [5.41, 5.74) is 2.90. The molecule has 21 heavy (non-hydrogen) atoms. The molecule has 0 bridgehead atoms. The van der Waals surface area contributed by atoms with Gasteiger partial charge in [0.05, 0.1) is 22.8 Å². The molecule has 1 aromatic carbocycles. The van der Waals surface area contributed by atoms with Crippen LogP contribution in [0.15, 0.2) is 24.3 Å². The second-order valence-electron chi connectivity index (χ2n) is 6.19. The van der Waals surface area contributed by atoms with Crippen molar-refractivity contribution in [3.63, 3.8) is 0 Å². The van der Waals surface area contributed by atoms with Crippen molar-refractivity contribution in [2.75, 3.05) is 11.9 Å². The van der Waals surface area contributed by atoms with Crippen molar-refractivity contribution in [2.24, 2.45) is 5.92 Å². The molecule has 0 amide bonds. The number of fused-ring (bicyclic) bond motifs is 2. The lowest BCUT2D eigenvalue weighted by atomic mass is 9.82. The van der Waals surface area contributed by atoms with Gasteiger partial charge in [0.1, 0.15) is 5.82 Å². The number of hydrogen-bond donors (Lipinski definition) is 1. The molecule has 1 aromatic heterocycles. The highest BCUT2D eigenvalue weighted by atomic mass is 16.5. The second-order valence-corrected chi connectivity index (χ2v) is 6.19. The van der Waals surface area contributed by atoms with Gasteiger partial charge in [-0.3, -0.25) is 0 Å². The highest BCUT2D eigenvalue weighted by Gasteiger charge is 2.37. The maximum Gasteiger partial charge on any atom is 0.148 e. The number of anilines is 1. The number of rotatable bonds is 2. The van der Waals surface area contributed by atoms with Gasteiger partial charge < -0.3 is 10.1 Å². The number of para-hydroxylation sites is 2. The number of nitrogens with zero attached hydrogens (tertiary/aromatic N) is 2. The molecule has 0 spiro atoms. The van der Waals surface area contributed by atoms with Gasteiger partial charge in [-0.15, -0.1) is 0 Å². The SMILES string of the molecule is Cc1nc2ccccc2nc1NC1CCCC2OCCC12. The first kappa shape index (κ1) is 13.0. The normalized spacial score (nSPS) is 28.5. The van der Waals surface area contributed by atoms with E-state index in [1.807, 2.05) is 31.2 Å². The van der Waals surface area contributed by atoms with Crippen molar-refractivity contribution in [2.45, 2.75) is 44.8 Å². The molecule has 3 unspecified atom stereocenters. The van der Waals surface area contributed by atoms with Crippen LogP contribution in [0.5, 0.6) is 0 Å². The van der Waals surface area contributed by atoms with Crippen LogP contribution < -0.4 is 5.32 Å². The molecular formula is C17H21N3O. The molecule has 2 heterocycles. The third-order valence-corrected chi connectivity index (χ3v) is 4.85. The molecule has 2 aliphatic rings. The van der Waals surface area contributed by atoms with Crippen molar-refractivity contribution < 1.29 is 4.74 Å². The molecule has 2 fully saturated rings. The molecule has 110 valence electrons. The first-order valence-electron chi connectivity index (χ1n) is 7.93. The highest BCUT2D eigenvalue weighted by Crippen LogP contribution is 2.36. The number of aryl methyl sites for hydroxylation is 1. The third-order valence-electron chi connectivity index (χ3n) is 4.85. The van der Waals surface area contributed by atoms with E-state index < -0.39 is 0 Å². The van der Waals surface area contributed by atoms with Crippen molar-refractivity contribution in [3.8, 4) is 0 Å². The number of nitrogens with one attached hydrogen (secondary N) is 1. The lowest BCUT2D eigenvalue weighted by molar-refractivity contribution is 0.0619. The maximum absolute atomic E-state index is 5.85. The zero-order valence-electron chi connectivity index (χ0n) is 12.4. The van der Waals surface area contributed by atoms with Gasteiger partial charge in [0.15, 0.2) is 0 Å². The Kier molecular flexibility index (Phi) is 3.26. The quantitative estimate of drug-likeness (QED) is 0.918. The Bertz CT molecular complexity index is 658. The van der Waals surface area contributed by atoms with Gasteiger partial charge in [-0.1, -0.05) is 12.1 Å². The Labute approximate surface area is 124 Å². The summed E-state index contributed by atoms with van der Waals surface area (Å²) in [6.07, 6.45) is 5.27. The predicted octanol–water partition coefficient (Wildman–Crippen LogP) is 3.31. The van der Waals surface area contributed by atoms with E-state index in [0.717, 1.165) is 29.2 Å². The fourth-order valence-electron chi connectivity index (χ4n) is 3.76. The van der Waals surface area contributed by atoms with Crippen LogP contribution in [0.4, 0.5) is 5.82 Å². The van der Waals surface area contributed by atoms with Crippen LogP contribution in [0.2, 0.25) is 0 Å². The van der Waals surface area contributed by atoms with Crippen LogP contribution in [0.25, 0.3) is 11.0 Å². The van der Waals surface area contributed by atoms with Gasteiger partial charge in [-0.05, 0) is 44.7 Å². The van der Waals surface area contributed by atoms with Crippen LogP contribution in [0, 0.1) is 12.8 Å². The average Bonchev–Trinajstić information content (AvgIpc) is 2.97. The van der Waals surface area contributed by atoms with Gasteiger partial charge in [-0.2, -0.15) is 0 Å². The minimum atomic E-state index is 0.449. The van der Waals surface area contributed by atoms with Crippen molar-refractivity contribution in [3.05, 3.63) is 30.0 Å². The summed E-state index contributed by atoms with van der Waals surface area (Å²) in [7, 11) is 0. The molecule has 0 radical (unpaired) electrons. The Hall–Kier alpha value is -1.68. The summed E-state index contributed by atoms with van der Waals surface area (Å²) >= 11 is 0. The van der Waals surface area contributed by atoms with E-state index in [9.17, 15) is 0 Å². The minimum Gasteiger partial charge on any atom is -0.378 e. The number of ether oxygens (including phenoxy) is 1. The van der Waals surface area contributed by atoms with E-state index >= 15 is 0 Å². The molecule has 1 aliphatic carbocycles. The van der Waals surface area contributed by atoms with Crippen molar-refractivity contribution in [1.29, 1.82) is 0 Å². The second kappa shape index (κ2) is 5.26. The fourth-order valence-corrected chi connectivity index (χ4v) is 3.76. The van der Waals surface area contributed by atoms with E-state index in [2.05, 4.69) is 10.3 Å². The average molecular weight is 283 g/mol. The van der Waals surface area contributed by atoms with Gasteiger partial charge >= 0.3 is 0 Å². The van der Waals surface area contributed by atoms with Crippen LogP contribution in [0.1, 0.15) is 31.4 Å². The lowest BCUT2D eigenvalue weighted by Crippen LogP contribution is -2.38. The molecule has 1 N–H and O–H groups in total. The van der Waals surface area contributed by atoms with Crippen LogP contribution >= 0.6 is 0 Å². The molecule has 4 heteroatoms. The zero-order valence-corrected chi connectivity index (χ0v) is 12.4. The smallest absolute Gasteiger partial charge is 0.148 e. The topological polar surface area (TPSA) is 47.0 Å². The van der Waals surface area contributed by atoms with Gasteiger partial charge in [0.25, 0.3) is 0 Å². The monoisotopic (exact) mass is 283 g/mol. The molecule has 1 saturated heterocycles. The van der Waals surface area contributed by atoms with E-state index in [1.54, 1.807) is 0 Å². The predicted molar refractivity (Wildman–Crippen MR) is 83.4 cm³/mol. The number of aromatic nitrogens is 2. The zero-order chi connectivity index (χ0) is 14.2. The Morgan fingerprint density at radius 2 is 1.90 bits per heavy atom. The summed E-state index contributed by atoms with van der Waals surface area (Å²) in [6, 6.07) is 8.53. The fraction of sp³-hybridized carbons (Fsp3) is 0.529. The molecule has 4 nitrogen and oxygen atoms in total. The number of benzene rings is 1. The van der Waals surface area contributed by atoms with Crippen molar-refractivity contribution >= 4 is 16.9 Å². The van der Waals surface area contributed by atoms with Gasteiger partial charge in [-0.25, -0.2) is 9.97 Å². The largest absolute Gasteiger partial charge is 0.378 e. The Morgan fingerprint density at radius 3 is 2.76 bits per heavy atom. The number of hydrogen-bond acceptors (Lipinski definition) is 4. The molecule has 1 aliphatic heterocycles. The molecule has 1 saturated carbocycles. The highest BCUT2D eigenvalue weighted by molar-refractivity contribution is 5.76. The third kappa shape index (κ3) is 2.38. The molecule has 2 aromatic rings. The summed E-state index contributed by atoms with van der Waals surface area (Å²) in [6.45, 7) is 2.95. The Balaban J connectivity index is 1.62. The lowest BCUT2D eigenvalue weighted by Gasteiger charge is -2.33. The van der Waals surface area contributed by atoms with Gasteiger partial charge in [0, 0.05) is 18.6 Å². The van der Waals surface area contributed by atoms with E-state index in [-0.39, 0.29) is 0 Å². The van der Waals surface area contributed by atoms with Crippen LogP contribution in [0.3, 0.4) is 0 Å². The van der Waals surface area contributed by atoms with Crippen molar-refractivity contribution in [1.82, 2.24) is 9.97 Å². The maximum atomic E-state index is 5.85. The molecule has 3 atom stereocenters. The summed E-state index contributed by atoms with van der Waals surface area (Å²) in [5, 5.41) is 3.66. The minimum absolute atomic E-state index is 0.449. The van der Waals surface area contributed by atoms with E-state index in [4.69, 9.17) is 9.72 Å². The first-order valence-corrected chi connectivity index (χ1v) is 7.93. The summed E-state index contributed by atoms with van der Waals surface area (Å²) in [5.74, 6) is 1.57. The van der Waals surface area contributed by atoms with Gasteiger partial charge in [0.2, 0.25) is 0 Å². The first-order chi connectivity index (χ1) is 10.3. The molecule has 4 rings (SSSR count). The summed E-state index contributed by atoms with van der Waals surface area (Å²) in [4.78, 5) is 9.44. The van der Waals surface area contributed by atoms with E-state index in [0.29, 0.717) is 18.1 Å².